The summed E-state index contributed by atoms with van der Waals surface area (Å²) in [6.45, 7) is 1.89. The van der Waals surface area contributed by atoms with Gasteiger partial charge >= 0.3 is 5.97 Å². The van der Waals surface area contributed by atoms with Crippen molar-refractivity contribution in [3.8, 4) is 5.69 Å². The first kappa shape index (κ1) is 18.7. The molecule has 1 heterocycles. The Morgan fingerprint density at radius 1 is 1.31 bits per heavy atom. The summed E-state index contributed by atoms with van der Waals surface area (Å²) >= 11 is 12.5. The molecule has 1 amide bonds. The van der Waals surface area contributed by atoms with E-state index in [4.69, 9.17) is 28.3 Å². The molecule has 0 saturated heterocycles. The molecule has 0 aliphatic heterocycles. The Hall–Kier alpha value is -2.12. The first-order valence-electron chi connectivity index (χ1n) is 8.34. The lowest BCUT2D eigenvalue weighted by Gasteiger charge is -2.10. The summed E-state index contributed by atoms with van der Waals surface area (Å²) in [5.41, 5.74) is 0.478. The molecule has 0 spiro atoms. The van der Waals surface area contributed by atoms with Gasteiger partial charge in [-0.05, 0) is 31.4 Å². The molecule has 1 aliphatic rings. The molecule has 2 aromatic rings. The number of rotatable bonds is 5. The monoisotopic (exact) mass is 396 g/mol. The Morgan fingerprint density at radius 2 is 2.00 bits per heavy atom. The summed E-state index contributed by atoms with van der Waals surface area (Å²) in [5.74, 6) is -1.11. The number of halogens is 2. The van der Waals surface area contributed by atoms with Crippen LogP contribution in [0.15, 0.2) is 18.2 Å². The molecule has 7 nitrogen and oxygen atoms in total. The van der Waals surface area contributed by atoms with Gasteiger partial charge in [-0.15, -0.1) is 5.10 Å². The molecule has 0 radical (unpaired) electrons. The van der Waals surface area contributed by atoms with Gasteiger partial charge in [0.1, 0.15) is 11.5 Å². The molecule has 0 unspecified atom stereocenters. The minimum atomic E-state index is -0.828. The van der Waals surface area contributed by atoms with Gasteiger partial charge in [-0.3, -0.25) is 9.59 Å². The van der Waals surface area contributed by atoms with E-state index in [0.717, 1.165) is 0 Å². The fraction of sp³-hybridized carbons (Fsp3) is 0.412. The van der Waals surface area contributed by atoms with Crippen molar-refractivity contribution < 1.29 is 14.7 Å². The van der Waals surface area contributed by atoms with E-state index in [1.54, 1.807) is 18.2 Å². The van der Waals surface area contributed by atoms with E-state index in [1.807, 2.05) is 6.92 Å². The minimum Gasteiger partial charge on any atom is -0.481 e. The molecule has 1 fully saturated rings. The third-order valence-corrected chi connectivity index (χ3v) is 5.07. The number of hydrogen-bond donors (Lipinski definition) is 2. The van der Waals surface area contributed by atoms with E-state index in [-0.39, 0.29) is 11.9 Å². The normalized spacial score (nSPS) is 19.5. The van der Waals surface area contributed by atoms with E-state index >= 15 is 0 Å². The number of nitrogens with zero attached hydrogens (tertiary/aromatic N) is 3. The van der Waals surface area contributed by atoms with Gasteiger partial charge in [-0.2, -0.15) is 0 Å². The van der Waals surface area contributed by atoms with Crippen LogP contribution in [0.5, 0.6) is 0 Å². The lowest BCUT2D eigenvalue weighted by atomic mass is 10.1. The molecule has 138 valence electrons. The Morgan fingerprint density at radius 3 is 2.58 bits per heavy atom. The molecule has 1 saturated carbocycles. The summed E-state index contributed by atoms with van der Waals surface area (Å²) in [7, 11) is 0. The Bertz CT molecular complexity index is 832. The highest BCUT2D eigenvalue weighted by Crippen LogP contribution is 2.29. The number of amides is 1. The van der Waals surface area contributed by atoms with Crippen LogP contribution < -0.4 is 5.32 Å². The Labute approximate surface area is 160 Å². The van der Waals surface area contributed by atoms with Crippen molar-refractivity contribution in [3.63, 3.8) is 0 Å². The van der Waals surface area contributed by atoms with Gasteiger partial charge in [0.2, 0.25) is 5.82 Å². The smallest absolute Gasteiger partial charge is 0.306 e. The number of nitrogens with one attached hydrogen (secondary N) is 1. The van der Waals surface area contributed by atoms with Gasteiger partial charge in [0.25, 0.3) is 5.91 Å². The summed E-state index contributed by atoms with van der Waals surface area (Å²) in [6, 6.07) is 4.91. The highest BCUT2D eigenvalue weighted by molar-refractivity contribution is 6.37. The van der Waals surface area contributed by atoms with Crippen molar-refractivity contribution >= 4 is 35.1 Å². The number of aromatic nitrogens is 3. The highest BCUT2D eigenvalue weighted by Gasteiger charge is 2.31. The van der Waals surface area contributed by atoms with Crippen LogP contribution in [0, 0.1) is 5.92 Å². The Balaban J connectivity index is 1.83. The number of carbonyl (C=O) groups excluding carboxylic acids is 1. The van der Waals surface area contributed by atoms with Gasteiger partial charge in [0.05, 0.1) is 16.0 Å². The molecule has 0 bridgehead atoms. The maximum Gasteiger partial charge on any atom is 0.306 e. The number of hydrogen-bond acceptors (Lipinski definition) is 4. The van der Waals surface area contributed by atoms with Crippen LogP contribution in [0.25, 0.3) is 5.69 Å². The number of benzene rings is 1. The third kappa shape index (κ3) is 3.68. The van der Waals surface area contributed by atoms with Gasteiger partial charge in [-0.1, -0.05) is 36.2 Å². The molecule has 2 atom stereocenters. The van der Waals surface area contributed by atoms with E-state index in [0.29, 0.717) is 47.2 Å². The van der Waals surface area contributed by atoms with Crippen LogP contribution in [0.4, 0.5) is 0 Å². The summed E-state index contributed by atoms with van der Waals surface area (Å²) < 4.78 is 1.48. The molecular weight excluding hydrogens is 379 g/mol. The summed E-state index contributed by atoms with van der Waals surface area (Å²) in [6.07, 6.45) is 2.13. The van der Waals surface area contributed by atoms with Crippen LogP contribution in [0.1, 0.15) is 42.6 Å². The molecule has 9 heteroatoms. The lowest BCUT2D eigenvalue weighted by molar-refractivity contribution is -0.141. The van der Waals surface area contributed by atoms with Crippen LogP contribution in [0.3, 0.4) is 0 Å². The average Bonchev–Trinajstić information content (AvgIpc) is 3.22. The van der Waals surface area contributed by atoms with Crippen molar-refractivity contribution in [1.82, 2.24) is 20.1 Å². The molecule has 1 aromatic carbocycles. The summed E-state index contributed by atoms with van der Waals surface area (Å²) in [5, 5.41) is 17.0. The number of carbonyl (C=O) groups is 2. The molecule has 26 heavy (non-hydrogen) atoms. The van der Waals surface area contributed by atoms with Gasteiger partial charge in [0, 0.05) is 12.5 Å². The predicted molar refractivity (Wildman–Crippen MR) is 97.0 cm³/mol. The molecule has 3 rings (SSSR count). The number of aliphatic carboxylic acids is 1. The average molecular weight is 397 g/mol. The first-order valence-corrected chi connectivity index (χ1v) is 9.10. The van der Waals surface area contributed by atoms with Gasteiger partial charge < -0.3 is 10.4 Å². The zero-order chi connectivity index (χ0) is 18.8. The number of para-hydroxylation sites is 1. The van der Waals surface area contributed by atoms with Crippen LogP contribution in [0.2, 0.25) is 10.0 Å². The van der Waals surface area contributed by atoms with Crippen LogP contribution >= 0.6 is 23.2 Å². The van der Waals surface area contributed by atoms with Crippen molar-refractivity contribution in [2.45, 2.75) is 38.6 Å². The van der Waals surface area contributed by atoms with E-state index in [1.165, 1.54) is 4.68 Å². The van der Waals surface area contributed by atoms with E-state index in [2.05, 4.69) is 15.4 Å². The maximum absolute atomic E-state index is 12.5. The zero-order valence-corrected chi connectivity index (χ0v) is 15.6. The standard InChI is InChI=1S/C17H18Cl2N4O3/c1-2-13-21-15(16(24)20-10-7-6-9(8-10)17(25)26)22-23(13)14-11(18)4-3-5-12(14)19/h3-5,9-10H,2,6-8H2,1H3,(H,20,24)(H,25,26)/t9-,10+/m1/s1. The number of carboxylic acid groups (broad SMARTS) is 1. The first-order chi connectivity index (χ1) is 12.4. The lowest BCUT2D eigenvalue weighted by Crippen LogP contribution is -2.34. The maximum atomic E-state index is 12.5. The fourth-order valence-corrected chi connectivity index (χ4v) is 3.68. The van der Waals surface area contributed by atoms with Crippen molar-refractivity contribution in [1.29, 1.82) is 0 Å². The fourth-order valence-electron chi connectivity index (χ4n) is 3.13. The number of aryl methyl sites for hydroxylation is 1. The second-order valence-corrected chi connectivity index (χ2v) is 7.02. The SMILES string of the molecule is CCc1nc(C(=O)N[C@H]2CC[C@@H](C(=O)O)C2)nn1-c1c(Cl)cccc1Cl. The second-order valence-electron chi connectivity index (χ2n) is 6.21. The predicted octanol–water partition coefficient (Wildman–Crippen LogP) is 3.12. The molecule has 1 aliphatic carbocycles. The summed E-state index contributed by atoms with van der Waals surface area (Å²) in [4.78, 5) is 27.8. The largest absolute Gasteiger partial charge is 0.481 e. The molecular formula is C17H18Cl2N4O3. The molecule has 1 aromatic heterocycles. The van der Waals surface area contributed by atoms with Crippen molar-refractivity contribution in [2.75, 3.05) is 0 Å². The topological polar surface area (TPSA) is 97.1 Å². The highest BCUT2D eigenvalue weighted by atomic mass is 35.5. The van der Waals surface area contributed by atoms with E-state index in [9.17, 15) is 9.59 Å². The zero-order valence-electron chi connectivity index (χ0n) is 14.1. The van der Waals surface area contributed by atoms with Crippen molar-refractivity contribution in [2.24, 2.45) is 5.92 Å². The third-order valence-electron chi connectivity index (χ3n) is 4.46. The van der Waals surface area contributed by atoms with Crippen LogP contribution in [-0.4, -0.2) is 37.8 Å². The van der Waals surface area contributed by atoms with Crippen LogP contribution in [-0.2, 0) is 11.2 Å². The van der Waals surface area contributed by atoms with Gasteiger partial charge in [-0.25, -0.2) is 9.67 Å². The number of carboxylic acids is 1. The quantitative estimate of drug-likeness (QED) is 0.808. The minimum absolute atomic E-state index is 0.0108. The molecule has 2 N–H and O–H groups in total. The van der Waals surface area contributed by atoms with Crippen molar-refractivity contribution in [3.05, 3.63) is 39.9 Å². The Kier molecular flexibility index (Phi) is 5.48. The van der Waals surface area contributed by atoms with E-state index < -0.39 is 17.8 Å². The van der Waals surface area contributed by atoms with Gasteiger partial charge in [0.15, 0.2) is 0 Å². The second kappa shape index (κ2) is 7.63.